The molecular formula is C15H18GeO. The van der Waals surface area contributed by atoms with Crippen LogP contribution in [0.15, 0.2) is 60.7 Å². The van der Waals surface area contributed by atoms with Gasteiger partial charge in [0.15, 0.2) is 0 Å². The Kier molecular flexibility index (Phi) is 4.03. The number of rotatable bonds is 4. The van der Waals surface area contributed by atoms with Gasteiger partial charge in [-0.25, -0.2) is 0 Å². The first-order valence-corrected chi connectivity index (χ1v) is 10.4. The number of benzene rings is 2. The van der Waals surface area contributed by atoms with Gasteiger partial charge in [0.2, 0.25) is 0 Å². The van der Waals surface area contributed by atoms with Crippen LogP contribution in [0.4, 0.5) is 0 Å². The molecular weight excluding hydrogens is 269 g/mol. The van der Waals surface area contributed by atoms with Gasteiger partial charge in [0.05, 0.1) is 0 Å². The summed E-state index contributed by atoms with van der Waals surface area (Å²) < 4.78 is 8.83. The molecule has 2 rings (SSSR count). The van der Waals surface area contributed by atoms with Crippen LogP contribution in [0.25, 0.3) is 0 Å². The fourth-order valence-electron chi connectivity index (χ4n) is 2.37. The van der Waals surface area contributed by atoms with Gasteiger partial charge >= 0.3 is 106 Å². The van der Waals surface area contributed by atoms with E-state index in [0.717, 1.165) is 5.25 Å². The summed E-state index contributed by atoms with van der Waals surface area (Å²) in [7, 11) is 1.86. The van der Waals surface area contributed by atoms with Crippen LogP contribution < -0.4 is 8.79 Å². The van der Waals surface area contributed by atoms with E-state index in [9.17, 15) is 0 Å². The van der Waals surface area contributed by atoms with E-state index < -0.39 is 13.6 Å². The van der Waals surface area contributed by atoms with Crippen LogP contribution >= 0.6 is 0 Å². The van der Waals surface area contributed by atoms with Gasteiger partial charge in [-0.05, 0) is 0 Å². The Balaban J connectivity index is 2.54. The number of hydrogen-bond donors (Lipinski definition) is 0. The molecule has 0 aliphatic heterocycles. The average molecular weight is 287 g/mol. The molecule has 2 aromatic rings. The van der Waals surface area contributed by atoms with E-state index in [-0.39, 0.29) is 0 Å². The predicted octanol–water partition coefficient (Wildman–Crippen LogP) is 2.41. The first-order valence-electron chi connectivity index (χ1n) is 5.99. The van der Waals surface area contributed by atoms with Crippen LogP contribution in [0, 0.1) is 0 Å². The molecule has 2 aromatic carbocycles. The molecule has 0 unspecified atom stereocenters. The molecule has 0 radical (unpaired) electrons. The summed E-state index contributed by atoms with van der Waals surface area (Å²) in [6, 6.07) is 21.4. The van der Waals surface area contributed by atoms with Crippen LogP contribution in [0.5, 0.6) is 0 Å². The molecule has 17 heavy (non-hydrogen) atoms. The van der Waals surface area contributed by atoms with E-state index in [1.165, 1.54) is 8.79 Å². The molecule has 0 saturated carbocycles. The zero-order valence-electron chi connectivity index (χ0n) is 10.4. The first kappa shape index (κ1) is 12.4. The Bertz CT molecular complexity index is 407. The summed E-state index contributed by atoms with van der Waals surface area (Å²) in [4.78, 5) is 0. The van der Waals surface area contributed by atoms with Crippen LogP contribution in [0.2, 0.25) is 5.25 Å². The van der Waals surface area contributed by atoms with E-state index in [4.69, 9.17) is 3.76 Å². The second-order valence-corrected chi connectivity index (χ2v) is 12.3. The third-order valence-corrected chi connectivity index (χ3v) is 12.2. The van der Waals surface area contributed by atoms with Crippen LogP contribution in [-0.2, 0) is 3.76 Å². The summed E-state index contributed by atoms with van der Waals surface area (Å²) in [5.41, 5.74) is 0. The monoisotopic (exact) mass is 288 g/mol. The topological polar surface area (TPSA) is 9.23 Å². The molecule has 0 spiro atoms. The molecule has 0 aromatic heterocycles. The van der Waals surface area contributed by atoms with Gasteiger partial charge in [0, 0.05) is 0 Å². The van der Waals surface area contributed by atoms with Crippen molar-refractivity contribution >= 4 is 22.4 Å². The molecule has 0 aliphatic rings. The van der Waals surface area contributed by atoms with Crippen LogP contribution in [0.1, 0.15) is 6.92 Å². The molecule has 0 fully saturated rings. The number of hydrogen-bond acceptors (Lipinski definition) is 1. The Morgan fingerprint density at radius 1 is 0.824 bits per heavy atom. The quantitative estimate of drug-likeness (QED) is 0.785. The molecule has 0 heterocycles. The molecule has 0 aliphatic carbocycles. The second kappa shape index (κ2) is 5.52. The standard InChI is InChI=1S/C15H18GeO/c1-3-16(17-2,14-10-6-4-7-11-14)15-12-8-5-9-13-15/h4-13H,3H2,1-2H3. The molecule has 0 N–H and O–H groups in total. The Morgan fingerprint density at radius 3 is 1.53 bits per heavy atom. The van der Waals surface area contributed by atoms with E-state index >= 15 is 0 Å². The Hall–Kier alpha value is -1.06. The van der Waals surface area contributed by atoms with Gasteiger partial charge in [-0.3, -0.25) is 0 Å². The van der Waals surface area contributed by atoms with Crippen molar-refractivity contribution in [2.45, 2.75) is 12.2 Å². The van der Waals surface area contributed by atoms with Gasteiger partial charge < -0.3 is 0 Å². The van der Waals surface area contributed by atoms with Crippen molar-refractivity contribution in [3.05, 3.63) is 60.7 Å². The van der Waals surface area contributed by atoms with Crippen molar-refractivity contribution in [2.75, 3.05) is 7.11 Å². The zero-order valence-corrected chi connectivity index (χ0v) is 12.5. The van der Waals surface area contributed by atoms with E-state index in [1.54, 1.807) is 0 Å². The summed E-state index contributed by atoms with van der Waals surface area (Å²) in [5.74, 6) is 0. The fourth-order valence-corrected chi connectivity index (χ4v) is 9.44. The first-order chi connectivity index (χ1) is 8.33. The molecule has 0 atom stereocenters. The van der Waals surface area contributed by atoms with Gasteiger partial charge in [-0.1, -0.05) is 0 Å². The van der Waals surface area contributed by atoms with Crippen molar-refractivity contribution in [3.63, 3.8) is 0 Å². The van der Waals surface area contributed by atoms with Gasteiger partial charge in [-0.15, -0.1) is 0 Å². The van der Waals surface area contributed by atoms with Crippen molar-refractivity contribution in [3.8, 4) is 0 Å². The fraction of sp³-hybridized carbons (Fsp3) is 0.200. The molecule has 0 saturated heterocycles. The van der Waals surface area contributed by atoms with E-state index in [1.807, 2.05) is 7.11 Å². The van der Waals surface area contributed by atoms with Crippen LogP contribution in [-0.4, -0.2) is 20.7 Å². The molecule has 1 nitrogen and oxygen atoms in total. The third-order valence-electron chi connectivity index (χ3n) is 3.33. The Morgan fingerprint density at radius 2 is 1.24 bits per heavy atom. The molecule has 0 amide bonds. The van der Waals surface area contributed by atoms with Crippen molar-refractivity contribution in [1.29, 1.82) is 0 Å². The maximum absolute atomic E-state index is 6.05. The minimum absolute atomic E-state index is 1.10. The van der Waals surface area contributed by atoms with Crippen LogP contribution in [0.3, 0.4) is 0 Å². The minimum atomic E-state index is -2.58. The SMILES string of the molecule is C[CH2][Ge]([O]C)([c]1ccccc1)[c]1ccccc1. The normalized spacial score (nSPS) is 11.4. The van der Waals surface area contributed by atoms with Gasteiger partial charge in [-0.2, -0.15) is 0 Å². The predicted molar refractivity (Wildman–Crippen MR) is 75.4 cm³/mol. The maximum atomic E-state index is 6.05. The average Bonchev–Trinajstić information content (AvgIpc) is 2.43. The summed E-state index contributed by atoms with van der Waals surface area (Å²) in [6.07, 6.45) is 0. The van der Waals surface area contributed by atoms with Crippen molar-refractivity contribution < 1.29 is 3.76 Å². The summed E-state index contributed by atoms with van der Waals surface area (Å²) in [6.45, 7) is 2.24. The zero-order chi connectivity index (χ0) is 12.1. The van der Waals surface area contributed by atoms with Gasteiger partial charge in [0.25, 0.3) is 0 Å². The van der Waals surface area contributed by atoms with E-state index in [0.29, 0.717) is 0 Å². The van der Waals surface area contributed by atoms with Crippen molar-refractivity contribution in [2.24, 2.45) is 0 Å². The molecule has 88 valence electrons. The van der Waals surface area contributed by atoms with Crippen molar-refractivity contribution in [1.82, 2.24) is 0 Å². The van der Waals surface area contributed by atoms with Gasteiger partial charge in [0.1, 0.15) is 0 Å². The van der Waals surface area contributed by atoms with E-state index in [2.05, 4.69) is 67.6 Å². The Labute approximate surface area is 106 Å². The molecule has 2 heteroatoms. The third kappa shape index (κ3) is 2.31. The summed E-state index contributed by atoms with van der Waals surface area (Å²) in [5, 5.41) is 1.10. The summed E-state index contributed by atoms with van der Waals surface area (Å²) >= 11 is -2.58. The molecule has 0 bridgehead atoms. The second-order valence-electron chi connectivity index (χ2n) is 4.12.